The van der Waals surface area contributed by atoms with Crippen molar-refractivity contribution >= 4 is 11.0 Å². The number of imidazole rings is 1. The molecule has 1 heterocycles. The lowest BCUT2D eigenvalue weighted by Gasteiger charge is -2.22. The maximum Gasteiger partial charge on any atom is 0.121 e. The maximum atomic E-state index is 4.54. The Hall–Kier alpha value is -1.39. The summed E-state index contributed by atoms with van der Waals surface area (Å²) in [5, 5.41) is 3.20. The van der Waals surface area contributed by atoms with Gasteiger partial charge in [-0.3, -0.25) is 4.90 Å². The van der Waals surface area contributed by atoms with Crippen LogP contribution in [0, 0.1) is 0 Å². The van der Waals surface area contributed by atoms with E-state index in [9.17, 15) is 0 Å². The molecule has 0 saturated carbocycles. The first kappa shape index (κ1) is 11.1. The van der Waals surface area contributed by atoms with Crippen LogP contribution in [-0.2, 0) is 6.54 Å². The quantitative estimate of drug-likeness (QED) is 0.765. The smallest absolute Gasteiger partial charge is 0.121 e. The molecule has 2 aromatic rings. The van der Waals surface area contributed by atoms with E-state index in [2.05, 4.69) is 34.2 Å². The first-order valence-corrected chi connectivity index (χ1v) is 5.52. The molecule has 16 heavy (non-hydrogen) atoms. The predicted octanol–water partition coefficient (Wildman–Crippen LogP) is 1.56. The number of nitrogens with one attached hydrogen (secondary N) is 2. The van der Waals surface area contributed by atoms with Gasteiger partial charge in [0.15, 0.2) is 0 Å². The average Bonchev–Trinajstić information content (AvgIpc) is 2.69. The van der Waals surface area contributed by atoms with Crippen LogP contribution in [0.15, 0.2) is 24.3 Å². The van der Waals surface area contributed by atoms with E-state index in [-0.39, 0.29) is 0 Å². The number of nitrogens with zero attached hydrogens (tertiary/aromatic N) is 2. The molecule has 0 spiro atoms. The lowest BCUT2D eigenvalue weighted by Crippen LogP contribution is -2.38. The van der Waals surface area contributed by atoms with Crippen molar-refractivity contribution in [3.63, 3.8) is 0 Å². The Morgan fingerprint density at radius 1 is 1.44 bits per heavy atom. The Labute approximate surface area is 95.7 Å². The lowest BCUT2D eigenvalue weighted by molar-refractivity contribution is 0.218. The summed E-state index contributed by atoms with van der Waals surface area (Å²) in [5.41, 5.74) is 2.13. The van der Waals surface area contributed by atoms with Crippen LogP contribution in [0.1, 0.15) is 12.7 Å². The number of rotatable bonds is 4. The number of benzene rings is 1. The zero-order valence-corrected chi connectivity index (χ0v) is 9.99. The molecule has 1 unspecified atom stereocenters. The molecule has 0 bridgehead atoms. The number of fused-ring (bicyclic) bond motifs is 1. The highest BCUT2D eigenvalue weighted by molar-refractivity contribution is 5.74. The van der Waals surface area contributed by atoms with E-state index in [1.165, 1.54) is 0 Å². The zero-order chi connectivity index (χ0) is 11.5. The van der Waals surface area contributed by atoms with Gasteiger partial charge in [-0.05, 0) is 33.2 Å². The molecule has 0 saturated heterocycles. The maximum absolute atomic E-state index is 4.54. The molecule has 1 aromatic heterocycles. The van der Waals surface area contributed by atoms with Gasteiger partial charge in [-0.25, -0.2) is 4.98 Å². The van der Waals surface area contributed by atoms with Crippen molar-refractivity contribution in [1.29, 1.82) is 0 Å². The topological polar surface area (TPSA) is 44.0 Å². The first-order valence-electron chi connectivity index (χ1n) is 5.52. The summed E-state index contributed by atoms with van der Waals surface area (Å²) in [6.45, 7) is 2.94. The molecule has 0 aliphatic rings. The molecule has 4 nitrogen and oxygen atoms in total. The van der Waals surface area contributed by atoms with E-state index in [4.69, 9.17) is 0 Å². The highest BCUT2D eigenvalue weighted by Crippen LogP contribution is 2.11. The second kappa shape index (κ2) is 4.63. The molecule has 0 aliphatic carbocycles. The average molecular weight is 218 g/mol. The summed E-state index contributed by atoms with van der Waals surface area (Å²) in [5.74, 6) is 1.01. The van der Waals surface area contributed by atoms with Crippen molar-refractivity contribution in [1.82, 2.24) is 20.2 Å². The third-order valence-corrected chi connectivity index (χ3v) is 2.92. The Balaban J connectivity index is 2.15. The van der Waals surface area contributed by atoms with Gasteiger partial charge < -0.3 is 10.3 Å². The van der Waals surface area contributed by atoms with E-state index in [1.54, 1.807) is 0 Å². The zero-order valence-electron chi connectivity index (χ0n) is 9.99. The van der Waals surface area contributed by atoms with Crippen molar-refractivity contribution < 1.29 is 0 Å². The number of H-pyrrole nitrogens is 1. The fourth-order valence-electron chi connectivity index (χ4n) is 1.67. The highest BCUT2D eigenvalue weighted by Gasteiger charge is 2.09. The molecular formula is C12H18N4. The van der Waals surface area contributed by atoms with E-state index >= 15 is 0 Å². The molecule has 2 N–H and O–H groups in total. The van der Waals surface area contributed by atoms with Crippen molar-refractivity contribution in [2.24, 2.45) is 0 Å². The van der Waals surface area contributed by atoms with Crippen LogP contribution in [0.3, 0.4) is 0 Å². The van der Waals surface area contributed by atoms with Crippen LogP contribution in [0.5, 0.6) is 0 Å². The van der Waals surface area contributed by atoms with Gasteiger partial charge in [-0.15, -0.1) is 0 Å². The summed E-state index contributed by atoms with van der Waals surface area (Å²) < 4.78 is 0. The van der Waals surface area contributed by atoms with E-state index < -0.39 is 0 Å². The minimum absolute atomic E-state index is 0.341. The third kappa shape index (κ3) is 2.23. The number of hydrogen-bond acceptors (Lipinski definition) is 3. The van der Waals surface area contributed by atoms with Gasteiger partial charge in [0.2, 0.25) is 0 Å². The Kier molecular flexibility index (Phi) is 3.22. The minimum Gasteiger partial charge on any atom is -0.341 e. The molecule has 1 atom stereocenters. The van der Waals surface area contributed by atoms with E-state index in [0.717, 1.165) is 23.4 Å². The molecule has 1 aromatic carbocycles. The Bertz CT molecular complexity index is 430. The fourth-order valence-corrected chi connectivity index (χ4v) is 1.67. The molecule has 0 aliphatic heterocycles. The summed E-state index contributed by atoms with van der Waals surface area (Å²) in [6, 6.07) is 8.10. The largest absolute Gasteiger partial charge is 0.341 e. The lowest BCUT2D eigenvalue weighted by atomic mass is 10.3. The van der Waals surface area contributed by atoms with Gasteiger partial charge in [0.05, 0.1) is 23.7 Å². The SMILES string of the molecule is CNC(C)N(C)Cc1nc2ccccc2[nH]1. The third-order valence-electron chi connectivity index (χ3n) is 2.92. The second-order valence-corrected chi connectivity index (χ2v) is 4.08. The standard InChI is InChI=1S/C12H18N4/c1-9(13-2)16(3)8-12-14-10-6-4-5-7-11(10)15-12/h4-7,9,13H,8H2,1-3H3,(H,14,15). The molecule has 2 rings (SSSR count). The summed E-state index contributed by atoms with van der Waals surface area (Å²) in [7, 11) is 4.04. The summed E-state index contributed by atoms with van der Waals surface area (Å²) >= 11 is 0. The van der Waals surface area contributed by atoms with E-state index in [0.29, 0.717) is 6.17 Å². The monoisotopic (exact) mass is 218 g/mol. The number of aromatic nitrogens is 2. The van der Waals surface area contributed by atoms with Crippen molar-refractivity contribution in [2.45, 2.75) is 19.6 Å². The second-order valence-electron chi connectivity index (χ2n) is 4.08. The van der Waals surface area contributed by atoms with Gasteiger partial charge in [-0.2, -0.15) is 0 Å². The van der Waals surface area contributed by atoms with Crippen LogP contribution in [0.25, 0.3) is 11.0 Å². The van der Waals surface area contributed by atoms with Crippen molar-refractivity contribution in [3.8, 4) is 0 Å². The van der Waals surface area contributed by atoms with Gasteiger partial charge in [0.25, 0.3) is 0 Å². The van der Waals surface area contributed by atoms with Gasteiger partial charge in [0, 0.05) is 0 Å². The summed E-state index contributed by atoms with van der Waals surface area (Å²) in [4.78, 5) is 10.1. The fraction of sp³-hybridized carbons (Fsp3) is 0.417. The highest BCUT2D eigenvalue weighted by atomic mass is 15.2. The van der Waals surface area contributed by atoms with Crippen molar-refractivity contribution in [2.75, 3.05) is 14.1 Å². The van der Waals surface area contributed by atoms with Crippen LogP contribution in [0.4, 0.5) is 0 Å². The molecule has 4 heteroatoms. The van der Waals surface area contributed by atoms with Gasteiger partial charge in [0.1, 0.15) is 5.82 Å². The Morgan fingerprint density at radius 3 is 2.88 bits per heavy atom. The van der Waals surface area contributed by atoms with Gasteiger partial charge in [-0.1, -0.05) is 12.1 Å². The number of hydrogen-bond donors (Lipinski definition) is 2. The molecular weight excluding hydrogens is 200 g/mol. The molecule has 0 fully saturated rings. The normalized spacial score (nSPS) is 13.5. The minimum atomic E-state index is 0.341. The number of para-hydroxylation sites is 2. The first-order chi connectivity index (χ1) is 7.70. The summed E-state index contributed by atoms with van der Waals surface area (Å²) in [6.07, 6.45) is 0.341. The van der Waals surface area contributed by atoms with Crippen LogP contribution in [-0.4, -0.2) is 35.1 Å². The van der Waals surface area contributed by atoms with E-state index in [1.807, 2.05) is 31.3 Å². The Morgan fingerprint density at radius 2 is 2.19 bits per heavy atom. The van der Waals surface area contributed by atoms with Crippen LogP contribution < -0.4 is 5.32 Å². The van der Waals surface area contributed by atoms with Crippen LogP contribution >= 0.6 is 0 Å². The van der Waals surface area contributed by atoms with Crippen molar-refractivity contribution in [3.05, 3.63) is 30.1 Å². The molecule has 0 radical (unpaired) electrons. The molecule has 0 amide bonds. The molecule has 86 valence electrons. The predicted molar refractivity (Wildman–Crippen MR) is 66.1 cm³/mol. The number of aromatic amines is 1. The van der Waals surface area contributed by atoms with Crippen LogP contribution in [0.2, 0.25) is 0 Å². The van der Waals surface area contributed by atoms with Gasteiger partial charge >= 0.3 is 0 Å².